The number of aromatic nitrogens is 1. The second-order valence-corrected chi connectivity index (χ2v) is 9.59. The molecule has 1 amide bonds. The van der Waals surface area contributed by atoms with Crippen LogP contribution in [0.1, 0.15) is 29.0 Å². The molecule has 4 aromatic rings. The van der Waals surface area contributed by atoms with E-state index in [4.69, 9.17) is 4.74 Å². The average molecular weight is 513 g/mol. The molecule has 1 aliphatic rings. The van der Waals surface area contributed by atoms with Gasteiger partial charge in [0.1, 0.15) is 0 Å². The fraction of sp³-hybridized carbons (Fsp3) is 0.300. The second-order valence-electron chi connectivity index (χ2n) is 9.59. The van der Waals surface area contributed by atoms with Crippen LogP contribution in [-0.2, 0) is 16.1 Å². The summed E-state index contributed by atoms with van der Waals surface area (Å²) in [7, 11) is 0. The predicted molar refractivity (Wildman–Crippen MR) is 147 cm³/mol. The molecule has 3 aromatic carbocycles. The molecular formula is C30H32N4O4. The van der Waals surface area contributed by atoms with Gasteiger partial charge < -0.3 is 14.6 Å². The minimum absolute atomic E-state index is 0.0264. The number of carbonyl (C=O) groups excluding carboxylic acids is 1. The largest absolute Gasteiger partial charge is 0.379 e. The third-order valence-corrected chi connectivity index (χ3v) is 7.14. The molecule has 8 heteroatoms. The maximum Gasteiger partial charge on any atom is 0.273 e. The van der Waals surface area contributed by atoms with Gasteiger partial charge in [0.2, 0.25) is 5.91 Å². The van der Waals surface area contributed by atoms with Gasteiger partial charge in [-0.15, -0.1) is 0 Å². The number of hydrogen-bond donors (Lipinski definition) is 1. The second kappa shape index (κ2) is 12.0. The van der Waals surface area contributed by atoms with Crippen molar-refractivity contribution in [3.8, 4) is 0 Å². The SMILES string of the molecule is O=C(C[C@@H](c1ccccc1[N+](=O)[O-])c1cn(Cc2ccccc2)c2ccccc12)NCCN1CCOCC1. The first-order valence-corrected chi connectivity index (χ1v) is 13.0. The van der Waals surface area contributed by atoms with Gasteiger partial charge in [-0.3, -0.25) is 19.8 Å². The van der Waals surface area contributed by atoms with Gasteiger partial charge in [0.25, 0.3) is 5.69 Å². The molecule has 0 aliphatic carbocycles. The number of nitrogens with zero attached hydrogens (tertiary/aromatic N) is 3. The van der Waals surface area contributed by atoms with Crippen molar-refractivity contribution in [1.82, 2.24) is 14.8 Å². The van der Waals surface area contributed by atoms with E-state index in [2.05, 4.69) is 39.2 Å². The summed E-state index contributed by atoms with van der Waals surface area (Å²) in [6.07, 6.45) is 2.17. The Kier molecular flexibility index (Phi) is 8.11. The van der Waals surface area contributed by atoms with Gasteiger partial charge in [0.05, 0.1) is 18.1 Å². The molecule has 1 fully saturated rings. The highest BCUT2D eigenvalue weighted by atomic mass is 16.6. The van der Waals surface area contributed by atoms with E-state index in [1.54, 1.807) is 18.2 Å². The number of nitrogens with one attached hydrogen (secondary N) is 1. The predicted octanol–water partition coefficient (Wildman–Crippen LogP) is 4.57. The molecular weight excluding hydrogens is 480 g/mol. The molecule has 1 saturated heterocycles. The minimum atomic E-state index is -0.470. The lowest BCUT2D eigenvalue weighted by Crippen LogP contribution is -2.41. The monoisotopic (exact) mass is 512 g/mol. The molecule has 8 nitrogen and oxygen atoms in total. The topological polar surface area (TPSA) is 89.6 Å². The maximum absolute atomic E-state index is 13.2. The molecule has 1 atom stereocenters. The third kappa shape index (κ3) is 5.93. The fourth-order valence-corrected chi connectivity index (χ4v) is 5.24. The first-order valence-electron chi connectivity index (χ1n) is 13.0. The quantitative estimate of drug-likeness (QED) is 0.248. The molecule has 196 valence electrons. The molecule has 1 N–H and O–H groups in total. The number of nitro benzene ring substituents is 1. The van der Waals surface area contributed by atoms with E-state index in [9.17, 15) is 14.9 Å². The molecule has 2 heterocycles. The van der Waals surface area contributed by atoms with E-state index < -0.39 is 5.92 Å². The van der Waals surface area contributed by atoms with Crippen molar-refractivity contribution in [3.05, 3.63) is 112 Å². The van der Waals surface area contributed by atoms with Gasteiger partial charge in [-0.05, 0) is 17.2 Å². The zero-order valence-electron chi connectivity index (χ0n) is 21.3. The summed E-state index contributed by atoms with van der Waals surface area (Å²) in [5.41, 5.74) is 3.67. The van der Waals surface area contributed by atoms with Crippen LogP contribution in [0.5, 0.6) is 0 Å². The number of hydrogen-bond acceptors (Lipinski definition) is 5. The molecule has 5 rings (SSSR count). The van der Waals surface area contributed by atoms with E-state index >= 15 is 0 Å². The first-order chi connectivity index (χ1) is 18.6. The number of rotatable bonds is 10. The number of carbonyl (C=O) groups is 1. The van der Waals surface area contributed by atoms with Crippen LogP contribution in [0.2, 0.25) is 0 Å². The molecule has 38 heavy (non-hydrogen) atoms. The van der Waals surface area contributed by atoms with E-state index in [1.165, 1.54) is 6.07 Å². The van der Waals surface area contributed by atoms with Crippen LogP contribution < -0.4 is 5.32 Å². The molecule has 1 aromatic heterocycles. The standard InChI is InChI=1S/C30H32N4O4/c35-30(31-14-15-32-16-18-38-19-17-32)20-26(24-10-5-7-13-29(24)34(36)37)27-22-33(21-23-8-2-1-3-9-23)28-12-6-4-11-25(27)28/h1-13,22,26H,14-21H2,(H,31,35)/t26-/m0/s1. The Labute approximate surface area is 222 Å². The van der Waals surface area contributed by atoms with Gasteiger partial charge in [-0.2, -0.15) is 0 Å². The minimum Gasteiger partial charge on any atom is -0.379 e. The normalized spacial score (nSPS) is 14.8. The highest BCUT2D eigenvalue weighted by molar-refractivity contribution is 5.87. The van der Waals surface area contributed by atoms with Crippen molar-refractivity contribution in [2.45, 2.75) is 18.9 Å². The lowest BCUT2D eigenvalue weighted by Gasteiger charge is -2.26. The molecule has 0 saturated carbocycles. The Morgan fingerprint density at radius 2 is 1.66 bits per heavy atom. The van der Waals surface area contributed by atoms with Crippen LogP contribution in [0.25, 0.3) is 10.9 Å². The van der Waals surface area contributed by atoms with Crippen molar-refractivity contribution >= 4 is 22.5 Å². The van der Waals surface area contributed by atoms with Crippen LogP contribution >= 0.6 is 0 Å². The molecule has 0 unspecified atom stereocenters. The molecule has 0 bridgehead atoms. The Morgan fingerprint density at radius 3 is 2.45 bits per heavy atom. The number of para-hydroxylation sites is 2. The summed E-state index contributed by atoms with van der Waals surface area (Å²) in [6, 6.07) is 25.0. The summed E-state index contributed by atoms with van der Waals surface area (Å²) in [5, 5.41) is 16.0. The van der Waals surface area contributed by atoms with Crippen LogP contribution in [0, 0.1) is 10.1 Å². The van der Waals surface area contributed by atoms with E-state index in [0.29, 0.717) is 31.9 Å². The summed E-state index contributed by atoms with van der Waals surface area (Å²) in [5.74, 6) is -0.594. The van der Waals surface area contributed by atoms with Crippen molar-refractivity contribution in [2.75, 3.05) is 39.4 Å². The highest BCUT2D eigenvalue weighted by Crippen LogP contribution is 2.38. The zero-order valence-corrected chi connectivity index (χ0v) is 21.3. The number of fused-ring (bicyclic) bond motifs is 1. The summed E-state index contributed by atoms with van der Waals surface area (Å²) in [6.45, 7) is 5.07. The van der Waals surface area contributed by atoms with Crippen LogP contribution in [0.3, 0.4) is 0 Å². The Bertz CT molecular complexity index is 1400. The average Bonchev–Trinajstić information content (AvgIpc) is 3.31. The Morgan fingerprint density at radius 1 is 0.947 bits per heavy atom. The fourth-order valence-electron chi connectivity index (χ4n) is 5.24. The van der Waals surface area contributed by atoms with Gasteiger partial charge in [0.15, 0.2) is 0 Å². The molecule has 1 aliphatic heterocycles. The molecule has 0 radical (unpaired) electrons. The van der Waals surface area contributed by atoms with Crippen LogP contribution in [0.4, 0.5) is 5.69 Å². The van der Waals surface area contributed by atoms with Crippen molar-refractivity contribution in [2.24, 2.45) is 0 Å². The lowest BCUT2D eigenvalue weighted by molar-refractivity contribution is -0.385. The maximum atomic E-state index is 13.2. The van der Waals surface area contributed by atoms with E-state index in [1.807, 2.05) is 36.4 Å². The lowest BCUT2D eigenvalue weighted by atomic mass is 9.87. The van der Waals surface area contributed by atoms with Gasteiger partial charge in [0, 0.05) is 73.8 Å². The third-order valence-electron chi connectivity index (χ3n) is 7.14. The number of morpholine rings is 1. The molecule has 0 spiro atoms. The zero-order chi connectivity index (χ0) is 26.3. The van der Waals surface area contributed by atoms with Gasteiger partial charge >= 0.3 is 0 Å². The summed E-state index contributed by atoms with van der Waals surface area (Å²) in [4.78, 5) is 27.1. The summed E-state index contributed by atoms with van der Waals surface area (Å²) < 4.78 is 7.56. The van der Waals surface area contributed by atoms with Crippen molar-refractivity contribution < 1.29 is 14.5 Å². The van der Waals surface area contributed by atoms with E-state index in [-0.39, 0.29) is 22.9 Å². The Hall–Kier alpha value is -4.01. The first kappa shape index (κ1) is 25.6. The smallest absolute Gasteiger partial charge is 0.273 e. The number of amides is 1. The van der Waals surface area contributed by atoms with Gasteiger partial charge in [-0.25, -0.2) is 0 Å². The highest BCUT2D eigenvalue weighted by Gasteiger charge is 2.28. The van der Waals surface area contributed by atoms with Crippen molar-refractivity contribution in [1.29, 1.82) is 0 Å². The Balaban J connectivity index is 1.47. The van der Waals surface area contributed by atoms with E-state index in [0.717, 1.165) is 41.7 Å². The number of benzene rings is 3. The van der Waals surface area contributed by atoms with Crippen molar-refractivity contribution in [3.63, 3.8) is 0 Å². The number of ether oxygens (including phenoxy) is 1. The summed E-state index contributed by atoms with van der Waals surface area (Å²) >= 11 is 0. The number of nitro groups is 1. The van der Waals surface area contributed by atoms with Crippen LogP contribution in [0.15, 0.2) is 85.1 Å². The van der Waals surface area contributed by atoms with Gasteiger partial charge in [-0.1, -0.05) is 66.7 Å². The van der Waals surface area contributed by atoms with Crippen LogP contribution in [-0.4, -0.2) is 59.7 Å².